The van der Waals surface area contributed by atoms with Gasteiger partial charge in [0, 0.05) is 17.6 Å². The number of esters is 1. The van der Waals surface area contributed by atoms with Gasteiger partial charge in [-0.05, 0) is 37.1 Å². The lowest BCUT2D eigenvalue weighted by molar-refractivity contribution is 0.0505. The number of aliphatic hydroxyl groups is 1. The van der Waals surface area contributed by atoms with Crippen LogP contribution in [0, 0.1) is 5.41 Å². The Morgan fingerprint density at radius 3 is 2.45 bits per heavy atom. The fourth-order valence-corrected chi connectivity index (χ4v) is 1.61. The van der Waals surface area contributed by atoms with Crippen molar-refractivity contribution in [2.45, 2.75) is 33.6 Å². The van der Waals surface area contributed by atoms with E-state index in [1.165, 1.54) is 0 Å². The van der Waals surface area contributed by atoms with Gasteiger partial charge in [-0.15, -0.1) is 0 Å². The largest absolute Gasteiger partial charge is 0.462 e. The van der Waals surface area contributed by atoms with Crippen LogP contribution in [0.5, 0.6) is 0 Å². The zero-order valence-corrected chi connectivity index (χ0v) is 12.6. The molecule has 0 radical (unpaired) electrons. The summed E-state index contributed by atoms with van der Waals surface area (Å²) in [4.78, 5) is 11.6. The molecule has 1 aromatic carbocycles. The Hall–Kier alpha value is -1.55. The van der Waals surface area contributed by atoms with Gasteiger partial charge in [-0.25, -0.2) is 4.79 Å². The van der Waals surface area contributed by atoms with Crippen molar-refractivity contribution in [3.63, 3.8) is 0 Å². The molecule has 0 aliphatic carbocycles. The average molecular weight is 279 g/mol. The highest BCUT2D eigenvalue weighted by atomic mass is 16.5. The number of benzene rings is 1. The van der Waals surface area contributed by atoms with E-state index in [0.717, 1.165) is 18.5 Å². The van der Waals surface area contributed by atoms with E-state index in [9.17, 15) is 9.90 Å². The van der Waals surface area contributed by atoms with Crippen molar-refractivity contribution in [3.05, 3.63) is 29.8 Å². The van der Waals surface area contributed by atoms with Crippen LogP contribution < -0.4 is 5.32 Å². The summed E-state index contributed by atoms with van der Waals surface area (Å²) in [7, 11) is 0. The van der Waals surface area contributed by atoms with Gasteiger partial charge in [0.05, 0.1) is 18.8 Å². The van der Waals surface area contributed by atoms with Crippen molar-refractivity contribution in [2.24, 2.45) is 5.41 Å². The molecule has 0 heterocycles. The summed E-state index contributed by atoms with van der Waals surface area (Å²) in [6, 6.07) is 7.22. The van der Waals surface area contributed by atoms with Crippen LogP contribution in [0.1, 0.15) is 44.0 Å². The molecule has 0 aliphatic heterocycles. The van der Waals surface area contributed by atoms with Gasteiger partial charge in [-0.3, -0.25) is 0 Å². The van der Waals surface area contributed by atoms with Crippen molar-refractivity contribution < 1.29 is 14.6 Å². The second-order valence-corrected chi connectivity index (χ2v) is 5.39. The van der Waals surface area contributed by atoms with Crippen LogP contribution in [0.3, 0.4) is 0 Å². The maximum Gasteiger partial charge on any atom is 0.338 e. The molecule has 1 aromatic rings. The minimum atomic E-state index is -0.285. The molecule has 1 rings (SSSR count). The zero-order valence-electron chi connectivity index (χ0n) is 12.6. The second-order valence-electron chi connectivity index (χ2n) is 5.39. The number of rotatable bonds is 8. The summed E-state index contributed by atoms with van der Waals surface area (Å²) in [6.45, 7) is 7.36. The van der Waals surface area contributed by atoms with Gasteiger partial charge < -0.3 is 15.2 Å². The van der Waals surface area contributed by atoms with Gasteiger partial charge in [0.15, 0.2) is 0 Å². The molecule has 4 nitrogen and oxygen atoms in total. The Morgan fingerprint density at radius 2 is 1.95 bits per heavy atom. The molecule has 2 N–H and O–H groups in total. The third-order valence-electron chi connectivity index (χ3n) is 3.51. The summed E-state index contributed by atoms with van der Waals surface area (Å²) < 4.78 is 5.07. The monoisotopic (exact) mass is 279 g/mol. The van der Waals surface area contributed by atoms with Crippen LogP contribution in [0.25, 0.3) is 0 Å². The first kappa shape index (κ1) is 16.5. The van der Waals surface area contributed by atoms with Gasteiger partial charge in [0.1, 0.15) is 0 Å². The number of nitrogens with one attached hydrogen (secondary N) is 1. The highest BCUT2D eigenvalue weighted by molar-refractivity contribution is 5.89. The smallest absolute Gasteiger partial charge is 0.338 e. The molecular formula is C16H25NO3. The van der Waals surface area contributed by atoms with Gasteiger partial charge in [0.25, 0.3) is 0 Å². The van der Waals surface area contributed by atoms with Crippen molar-refractivity contribution in [1.29, 1.82) is 0 Å². The van der Waals surface area contributed by atoms with E-state index in [0.29, 0.717) is 18.7 Å². The predicted octanol–water partition coefficient (Wildman–Crippen LogP) is 3.07. The first-order valence-electron chi connectivity index (χ1n) is 7.16. The highest BCUT2D eigenvalue weighted by Crippen LogP contribution is 2.21. The number of ether oxygens (including phenoxy) is 1. The summed E-state index contributed by atoms with van der Waals surface area (Å²) >= 11 is 0. The van der Waals surface area contributed by atoms with Crippen molar-refractivity contribution >= 4 is 11.7 Å². The second kappa shape index (κ2) is 7.90. The minimum absolute atomic E-state index is 0.126. The molecule has 0 aliphatic rings. The van der Waals surface area contributed by atoms with Gasteiger partial charge >= 0.3 is 5.97 Å². The maximum atomic E-state index is 11.6. The molecule has 0 bridgehead atoms. The number of anilines is 1. The molecule has 0 amide bonds. The Labute approximate surface area is 121 Å². The Kier molecular flexibility index (Phi) is 6.52. The van der Waals surface area contributed by atoms with E-state index >= 15 is 0 Å². The van der Waals surface area contributed by atoms with E-state index in [1.54, 1.807) is 12.1 Å². The quantitative estimate of drug-likeness (QED) is 0.718. The standard InChI is InChI=1S/C16H25NO3/c1-4-10-20-15(19)13-6-8-14(9-7-13)17-11-16(3,5-2)12-18/h6-9,17-18H,4-5,10-12H2,1-3H3. The topological polar surface area (TPSA) is 58.6 Å². The summed E-state index contributed by atoms with van der Waals surface area (Å²) in [5.74, 6) is -0.285. The van der Waals surface area contributed by atoms with Crippen LogP contribution in [0.2, 0.25) is 0 Å². The maximum absolute atomic E-state index is 11.6. The minimum Gasteiger partial charge on any atom is -0.462 e. The third-order valence-corrected chi connectivity index (χ3v) is 3.51. The number of hydrogen-bond donors (Lipinski definition) is 2. The first-order valence-corrected chi connectivity index (χ1v) is 7.16. The average Bonchev–Trinajstić information content (AvgIpc) is 2.50. The molecule has 0 fully saturated rings. The summed E-state index contributed by atoms with van der Waals surface area (Å²) in [5, 5.41) is 12.6. The fraction of sp³-hybridized carbons (Fsp3) is 0.562. The molecule has 112 valence electrons. The molecule has 1 atom stereocenters. The van der Waals surface area contributed by atoms with Crippen LogP contribution in [-0.2, 0) is 4.74 Å². The van der Waals surface area contributed by atoms with Crippen LogP contribution in [0.4, 0.5) is 5.69 Å². The first-order chi connectivity index (χ1) is 9.54. The highest BCUT2D eigenvalue weighted by Gasteiger charge is 2.20. The van der Waals surface area contributed by atoms with Crippen molar-refractivity contribution in [1.82, 2.24) is 0 Å². The van der Waals surface area contributed by atoms with Crippen LogP contribution >= 0.6 is 0 Å². The lowest BCUT2D eigenvalue weighted by Gasteiger charge is -2.26. The van der Waals surface area contributed by atoms with Crippen LogP contribution in [-0.4, -0.2) is 30.8 Å². The van der Waals surface area contributed by atoms with Crippen LogP contribution in [0.15, 0.2) is 24.3 Å². The predicted molar refractivity (Wildman–Crippen MR) is 81.0 cm³/mol. The molecular weight excluding hydrogens is 254 g/mol. The van der Waals surface area contributed by atoms with Crippen molar-refractivity contribution in [2.75, 3.05) is 25.1 Å². The molecule has 4 heteroatoms. The Bertz CT molecular complexity index is 410. The normalized spacial score (nSPS) is 13.6. The molecule has 0 saturated heterocycles. The fourth-order valence-electron chi connectivity index (χ4n) is 1.61. The lowest BCUT2D eigenvalue weighted by Crippen LogP contribution is -2.29. The Balaban J connectivity index is 2.56. The van der Waals surface area contributed by atoms with E-state index in [1.807, 2.05) is 26.0 Å². The molecule has 0 spiro atoms. The van der Waals surface area contributed by atoms with Gasteiger partial charge in [-0.1, -0.05) is 20.8 Å². The number of carbonyl (C=O) groups excluding carboxylic acids is 1. The molecule has 1 unspecified atom stereocenters. The number of carbonyl (C=O) groups is 1. The number of aliphatic hydroxyl groups excluding tert-OH is 1. The van der Waals surface area contributed by atoms with Gasteiger partial charge in [0.2, 0.25) is 0 Å². The van der Waals surface area contributed by atoms with E-state index in [-0.39, 0.29) is 18.0 Å². The molecule has 0 saturated carbocycles. The van der Waals surface area contributed by atoms with E-state index in [4.69, 9.17) is 4.74 Å². The zero-order chi connectivity index (χ0) is 15.0. The van der Waals surface area contributed by atoms with E-state index < -0.39 is 0 Å². The molecule has 20 heavy (non-hydrogen) atoms. The third kappa shape index (κ3) is 4.85. The summed E-state index contributed by atoms with van der Waals surface area (Å²) in [6.07, 6.45) is 1.72. The van der Waals surface area contributed by atoms with Crippen molar-refractivity contribution in [3.8, 4) is 0 Å². The van der Waals surface area contributed by atoms with Gasteiger partial charge in [-0.2, -0.15) is 0 Å². The Morgan fingerprint density at radius 1 is 1.30 bits per heavy atom. The summed E-state index contributed by atoms with van der Waals surface area (Å²) in [5.41, 5.74) is 1.37. The SMILES string of the molecule is CCCOC(=O)c1ccc(NCC(C)(CC)CO)cc1. The lowest BCUT2D eigenvalue weighted by atomic mass is 9.88. The molecule has 0 aromatic heterocycles. The number of hydrogen-bond acceptors (Lipinski definition) is 4. The van der Waals surface area contributed by atoms with E-state index in [2.05, 4.69) is 12.2 Å².